The van der Waals surface area contributed by atoms with Gasteiger partial charge in [0.05, 0.1) is 0 Å². The molecule has 3 aliphatic rings. The summed E-state index contributed by atoms with van der Waals surface area (Å²) in [6, 6.07) is 0.374. The molecular weight excluding hydrogens is 316 g/mol. The van der Waals surface area contributed by atoms with Gasteiger partial charge in [-0.2, -0.15) is 0 Å². The molecule has 2 aliphatic carbocycles. The summed E-state index contributed by atoms with van der Waals surface area (Å²) >= 11 is 0. The highest BCUT2D eigenvalue weighted by molar-refractivity contribution is 5.33. The molecule has 6 unspecified atom stereocenters. The highest BCUT2D eigenvalue weighted by Gasteiger charge is 2.42. The van der Waals surface area contributed by atoms with Crippen molar-refractivity contribution in [3.05, 3.63) is 47.2 Å². The lowest BCUT2D eigenvalue weighted by molar-refractivity contribution is 0.194. The molecule has 0 fully saturated rings. The molecule has 0 radical (unpaired) electrons. The quantitative estimate of drug-likeness (QED) is 0.656. The number of nitrogens with two attached hydrogens (primary N) is 1. The zero-order valence-electron chi connectivity index (χ0n) is 17.2. The van der Waals surface area contributed by atoms with E-state index >= 15 is 0 Å². The van der Waals surface area contributed by atoms with Crippen LogP contribution < -0.4 is 11.1 Å². The maximum absolute atomic E-state index is 6.36. The second-order valence-corrected chi connectivity index (χ2v) is 8.78. The first-order valence-electron chi connectivity index (χ1n) is 10.7. The molecule has 144 valence electrons. The Balaban J connectivity index is 2.05. The first kappa shape index (κ1) is 19.5. The van der Waals surface area contributed by atoms with Gasteiger partial charge < -0.3 is 11.1 Å². The summed E-state index contributed by atoms with van der Waals surface area (Å²) in [7, 11) is 0. The van der Waals surface area contributed by atoms with E-state index < -0.39 is 0 Å². The van der Waals surface area contributed by atoms with E-state index in [2.05, 4.69) is 63.4 Å². The Labute approximate surface area is 160 Å². The predicted molar refractivity (Wildman–Crippen MR) is 113 cm³/mol. The Bertz CT molecular complexity index is 610. The predicted octanol–water partition coefficient (Wildman–Crippen LogP) is 5.35. The molecule has 3 rings (SSSR count). The number of nitrogens with one attached hydrogen (secondary N) is 1. The maximum atomic E-state index is 6.36. The summed E-state index contributed by atoms with van der Waals surface area (Å²) < 4.78 is 0. The second kappa shape index (κ2) is 8.61. The lowest BCUT2D eigenvalue weighted by Gasteiger charge is -2.46. The molecule has 0 aromatic rings. The van der Waals surface area contributed by atoms with E-state index in [1.165, 1.54) is 25.0 Å². The molecule has 3 N–H and O–H groups in total. The number of allylic oxidation sites excluding steroid dienone is 7. The van der Waals surface area contributed by atoms with Crippen LogP contribution in [0.2, 0.25) is 0 Å². The van der Waals surface area contributed by atoms with Gasteiger partial charge in [0.2, 0.25) is 0 Å². The highest BCUT2D eigenvalue weighted by atomic mass is 14.9. The lowest BCUT2D eigenvalue weighted by Crippen LogP contribution is -2.45. The SMILES string of the molecule is CC1=C2NC(C)/C=C\CC=CCC2C(CN)C(C)C1C1=CCCCC1C. The van der Waals surface area contributed by atoms with Crippen LogP contribution in [0.15, 0.2) is 47.2 Å². The van der Waals surface area contributed by atoms with E-state index in [1.807, 2.05) is 0 Å². The number of fused-ring (bicyclic) bond motifs is 1. The monoisotopic (exact) mass is 354 g/mol. The Morgan fingerprint density at radius 3 is 2.69 bits per heavy atom. The third-order valence-electron chi connectivity index (χ3n) is 7.04. The van der Waals surface area contributed by atoms with Crippen LogP contribution in [0, 0.1) is 29.6 Å². The number of hydrogen-bond donors (Lipinski definition) is 2. The molecule has 6 atom stereocenters. The van der Waals surface area contributed by atoms with Crippen molar-refractivity contribution in [3.8, 4) is 0 Å². The van der Waals surface area contributed by atoms with E-state index in [0.717, 1.165) is 19.4 Å². The average molecular weight is 355 g/mol. The fourth-order valence-electron chi connectivity index (χ4n) is 5.62. The Kier molecular flexibility index (Phi) is 6.45. The van der Waals surface area contributed by atoms with E-state index in [4.69, 9.17) is 5.73 Å². The van der Waals surface area contributed by atoms with Crippen LogP contribution >= 0.6 is 0 Å². The standard InChI is InChI=1S/C24H38N2/c1-16-11-9-10-13-20(16)23-18(3)22(15-25)21-14-8-6-5-7-12-17(2)26-24(21)19(23)4/h6-8,12-13,16-18,21-23,26H,5,9-11,14-15,25H2,1-4H3/b8-6?,12-7-. The number of rotatable bonds is 2. The van der Waals surface area contributed by atoms with Crippen LogP contribution in [0.5, 0.6) is 0 Å². The molecule has 2 heteroatoms. The van der Waals surface area contributed by atoms with Crippen LogP contribution in [0.3, 0.4) is 0 Å². The van der Waals surface area contributed by atoms with Crippen molar-refractivity contribution in [2.75, 3.05) is 6.54 Å². The third kappa shape index (κ3) is 3.86. The molecule has 1 heterocycles. The van der Waals surface area contributed by atoms with Gasteiger partial charge >= 0.3 is 0 Å². The summed E-state index contributed by atoms with van der Waals surface area (Å²) in [6.07, 6.45) is 17.9. The minimum atomic E-state index is 0.374. The molecule has 0 aromatic carbocycles. The molecule has 0 aromatic heterocycles. The second-order valence-electron chi connectivity index (χ2n) is 8.78. The zero-order valence-corrected chi connectivity index (χ0v) is 17.2. The van der Waals surface area contributed by atoms with Gasteiger partial charge in [0.1, 0.15) is 0 Å². The molecule has 0 amide bonds. The van der Waals surface area contributed by atoms with Gasteiger partial charge in [-0.3, -0.25) is 0 Å². The molecule has 0 spiro atoms. The lowest BCUT2D eigenvalue weighted by atomic mass is 9.61. The first-order valence-corrected chi connectivity index (χ1v) is 10.7. The van der Waals surface area contributed by atoms with Crippen LogP contribution in [0.4, 0.5) is 0 Å². The van der Waals surface area contributed by atoms with Gasteiger partial charge in [-0.05, 0) is 75.8 Å². The van der Waals surface area contributed by atoms with Crippen molar-refractivity contribution in [3.63, 3.8) is 0 Å². The minimum Gasteiger partial charge on any atom is -0.382 e. The normalized spacial score (nSPS) is 39.7. The van der Waals surface area contributed by atoms with E-state index in [1.54, 1.807) is 11.1 Å². The molecule has 26 heavy (non-hydrogen) atoms. The molecule has 0 bridgehead atoms. The Hall–Kier alpha value is -1.28. The highest BCUT2D eigenvalue weighted by Crippen LogP contribution is 2.48. The summed E-state index contributed by atoms with van der Waals surface area (Å²) in [4.78, 5) is 0. The zero-order chi connectivity index (χ0) is 18.7. The molecule has 0 saturated carbocycles. The van der Waals surface area contributed by atoms with Gasteiger partial charge in [0.15, 0.2) is 0 Å². The van der Waals surface area contributed by atoms with Crippen molar-refractivity contribution in [2.24, 2.45) is 35.3 Å². The van der Waals surface area contributed by atoms with Crippen LogP contribution in [0.1, 0.15) is 59.8 Å². The first-order chi connectivity index (χ1) is 12.5. The van der Waals surface area contributed by atoms with E-state index in [0.29, 0.717) is 35.6 Å². The van der Waals surface area contributed by atoms with Gasteiger partial charge in [-0.25, -0.2) is 0 Å². The third-order valence-corrected chi connectivity index (χ3v) is 7.04. The van der Waals surface area contributed by atoms with Crippen molar-refractivity contribution < 1.29 is 0 Å². The van der Waals surface area contributed by atoms with Crippen LogP contribution in [0.25, 0.3) is 0 Å². The molecular formula is C24H38N2. The van der Waals surface area contributed by atoms with Crippen molar-refractivity contribution in [2.45, 2.75) is 65.8 Å². The molecule has 2 nitrogen and oxygen atoms in total. The Morgan fingerprint density at radius 2 is 1.96 bits per heavy atom. The Morgan fingerprint density at radius 1 is 1.15 bits per heavy atom. The van der Waals surface area contributed by atoms with Crippen molar-refractivity contribution >= 4 is 0 Å². The van der Waals surface area contributed by atoms with Crippen molar-refractivity contribution in [1.29, 1.82) is 0 Å². The fourth-order valence-corrected chi connectivity index (χ4v) is 5.62. The van der Waals surface area contributed by atoms with Gasteiger partial charge in [-0.15, -0.1) is 0 Å². The average Bonchev–Trinajstić information content (AvgIpc) is 2.62. The fraction of sp³-hybridized carbons (Fsp3) is 0.667. The summed E-state index contributed by atoms with van der Waals surface area (Å²) in [5.41, 5.74) is 11.1. The minimum absolute atomic E-state index is 0.374. The largest absolute Gasteiger partial charge is 0.382 e. The van der Waals surface area contributed by atoms with Crippen molar-refractivity contribution in [1.82, 2.24) is 5.32 Å². The van der Waals surface area contributed by atoms with E-state index in [9.17, 15) is 0 Å². The van der Waals surface area contributed by atoms with Crippen LogP contribution in [-0.2, 0) is 0 Å². The van der Waals surface area contributed by atoms with Crippen LogP contribution in [-0.4, -0.2) is 12.6 Å². The summed E-state index contributed by atoms with van der Waals surface area (Å²) in [5.74, 6) is 2.95. The topological polar surface area (TPSA) is 38.0 Å². The summed E-state index contributed by atoms with van der Waals surface area (Å²) in [5, 5.41) is 3.88. The smallest absolute Gasteiger partial charge is 0.0413 e. The van der Waals surface area contributed by atoms with E-state index in [-0.39, 0.29) is 0 Å². The van der Waals surface area contributed by atoms with Gasteiger partial charge in [0.25, 0.3) is 0 Å². The molecule has 0 saturated heterocycles. The molecule has 1 aliphatic heterocycles. The van der Waals surface area contributed by atoms with Gasteiger partial charge in [-0.1, -0.05) is 49.8 Å². The summed E-state index contributed by atoms with van der Waals surface area (Å²) in [6.45, 7) is 10.3. The van der Waals surface area contributed by atoms with Gasteiger partial charge in [0, 0.05) is 23.6 Å². The maximum Gasteiger partial charge on any atom is 0.0413 e. The number of hydrogen-bond acceptors (Lipinski definition) is 2.